The summed E-state index contributed by atoms with van der Waals surface area (Å²) in [6, 6.07) is 15.6. The first-order chi connectivity index (χ1) is 25.5. The van der Waals surface area contributed by atoms with Crippen molar-refractivity contribution in [3.63, 3.8) is 0 Å². The van der Waals surface area contributed by atoms with E-state index >= 15 is 0 Å². The first kappa shape index (κ1) is 49.2. The van der Waals surface area contributed by atoms with Crippen LogP contribution in [0.15, 0.2) is 48.5 Å². The molecular formula is C46H61O9PRh+. The zero-order valence-electron chi connectivity index (χ0n) is 36.7. The van der Waals surface area contributed by atoms with Gasteiger partial charge in [0.1, 0.15) is 28.7 Å². The molecule has 0 spiro atoms. The summed E-state index contributed by atoms with van der Waals surface area (Å²) in [5.41, 5.74) is 4.83. The van der Waals surface area contributed by atoms with Gasteiger partial charge >= 0.3 is 28.1 Å². The maximum absolute atomic E-state index is 12.0. The first-order valence-corrected chi connectivity index (χ1v) is 19.4. The molecule has 57 heavy (non-hydrogen) atoms. The van der Waals surface area contributed by atoms with Crippen molar-refractivity contribution in [1.29, 1.82) is 0 Å². The van der Waals surface area contributed by atoms with Gasteiger partial charge in [0.05, 0.1) is 28.4 Å². The number of hydrogen-bond acceptors (Lipinski definition) is 9. The average molecular weight is 892 g/mol. The number of fused-ring (bicyclic) bond motifs is 3. The Morgan fingerprint density at radius 3 is 1.12 bits per heavy atom. The molecule has 1 N–H and O–H groups in total. The van der Waals surface area contributed by atoms with Crippen LogP contribution in [0.5, 0.6) is 46.0 Å². The number of aromatic hydroxyl groups is 1. The Bertz CT molecular complexity index is 1960. The second kappa shape index (κ2) is 18.3. The van der Waals surface area contributed by atoms with Crippen molar-refractivity contribution in [3.8, 4) is 68.2 Å². The van der Waals surface area contributed by atoms with Crippen LogP contribution in [0.25, 0.3) is 22.3 Å². The van der Waals surface area contributed by atoms with Gasteiger partial charge in [-0.25, -0.2) is 0 Å². The zero-order chi connectivity index (χ0) is 41.4. The summed E-state index contributed by atoms with van der Waals surface area (Å²) in [6.45, 7) is 29.9. The molecule has 1 aliphatic heterocycles. The van der Waals surface area contributed by atoms with Crippen molar-refractivity contribution >= 4 is 15.4 Å². The summed E-state index contributed by atoms with van der Waals surface area (Å²) in [5, 5.41) is 12.0. The summed E-state index contributed by atoms with van der Waals surface area (Å²) >= 11 is 0. The minimum Gasteiger partial charge on any atom is -0.573 e. The Morgan fingerprint density at radius 1 is 0.491 bits per heavy atom. The zero-order valence-corrected chi connectivity index (χ0v) is 39.3. The normalized spacial score (nSPS) is 12.7. The summed E-state index contributed by atoms with van der Waals surface area (Å²) in [4.78, 5) is 7.50. The van der Waals surface area contributed by atoms with Crippen LogP contribution in [0.4, 0.5) is 0 Å². The van der Waals surface area contributed by atoms with Gasteiger partial charge in [-0.3, -0.25) is 13.6 Å². The van der Waals surface area contributed by atoms with E-state index < -0.39 is 14.0 Å². The van der Waals surface area contributed by atoms with E-state index in [4.69, 9.17) is 37.3 Å². The van der Waals surface area contributed by atoms with E-state index in [0.29, 0.717) is 51.4 Å². The summed E-state index contributed by atoms with van der Waals surface area (Å²) in [5.74, 6) is 4.62. The van der Waals surface area contributed by atoms with Crippen molar-refractivity contribution in [1.82, 2.24) is 0 Å². The fourth-order valence-electron chi connectivity index (χ4n) is 6.58. The minimum absolute atomic E-state index is 0. The summed E-state index contributed by atoms with van der Waals surface area (Å²) < 4.78 is 44.7. The minimum atomic E-state index is -2.69. The Balaban J connectivity index is 0.00000276. The smallest absolute Gasteiger partial charge is 0.573 e. The van der Waals surface area contributed by atoms with Gasteiger partial charge < -0.3 is 43.1 Å². The molecule has 4 aromatic rings. The molecular weight excluding hydrogens is 830 g/mol. The largest absolute Gasteiger partial charge is 2.00 e. The molecule has 9 nitrogen and oxygen atoms in total. The van der Waals surface area contributed by atoms with Gasteiger partial charge in [-0.1, -0.05) is 83.1 Å². The van der Waals surface area contributed by atoms with Crippen molar-refractivity contribution < 1.29 is 61.9 Å². The Kier molecular flexibility index (Phi) is 15.8. The maximum atomic E-state index is 12.0. The van der Waals surface area contributed by atoms with E-state index in [9.17, 15) is 5.11 Å². The van der Waals surface area contributed by atoms with Crippen LogP contribution in [0.1, 0.15) is 105 Å². The van der Waals surface area contributed by atoms with E-state index in [-0.39, 0.29) is 48.9 Å². The predicted molar refractivity (Wildman–Crippen MR) is 229 cm³/mol. The number of hydrogen-bond donors (Lipinski definition) is 1. The molecule has 0 fully saturated rings. The maximum Gasteiger partial charge on any atom is 2.00 e. The van der Waals surface area contributed by atoms with Crippen LogP contribution < -0.4 is 32.5 Å². The van der Waals surface area contributed by atoms with Crippen molar-refractivity contribution in [2.75, 3.05) is 28.4 Å². The number of phenols is 1. The molecule has 11 heteroatoms. The third kappa shape index (κ3) is 10.4. The number of benzene rings is 4. The molecule has 0 saturated carbocycles. The van der Waals surface area contributed by atoms with Gasteiger partial charge in [0, 0.05) is 44.5 Å². The second-order valence-electron chi connectivity index (χ2n) is 17.8. The summed E-state index contributed by atoms with van der Waals surface area (Å²) in [7, 11) is 3.92. The molecule has 0 amide bonds. The molecule has 1 heterocycles. The Morgan fingerprint density at radius 2 is 0.789 bits per heavy atom. The molecule has 4 aromatic carbocycles. The van der Waals surface area contributed by atoms with Crippen molar-refractivity contribution in [2.24, 2.45) is 0 Å². The molecule has 0 saturated heterocycles. The number of methoxy groups -OCH3 is 4. The van der Waals surface area contributed by atoms with Crippen molar-refractivity contribution in [3.05, 3.63) is 78.2 Å². The molecule has 0 unspecified atom stereocenters. The molecule has 0 aromatic heterocycles. The fourth-order valence-corrected chi connectivity index (χ4v) is 7.86. The van der Waals surface area contributed by atoms with Gasteiger partial charge in [-0.05, 0) is 70.2 Å². The topological polar surface area (TPSA) is 102 Å². The molecule has 0 aliphatic carbocycles. The van der Waals surface area contributed by atoms with Crippen LogP contribution >= 0.6 is 8.60 Å². The number of carbonyl (C=O) groups excluding carboxylic acids is 1. The quantitative estimate of drug-likeness (QED) is 0.110. The van der Waals surface area contributed by atoms with E-state index in [1.54, 1.807) is 28.4 Å². The van der Waals surface area contributed by atoms with Crippen LogP contribution in [-0.2, 0) is 45.9 Å². The Labute approximate surface area is 355 Å². The summed E-state index contributed by atoms with van der Waals surface area (Å²) in [6.07, 6.45) is 0. The standard InChI is InChI=1S/C44H57O8P.CO.CH3.Rh/c1-41(2,3)33-21-25(46-13)17-29(37(33)45)30-18-26(47-14)22-34(42(4,5)6)38(30)50-53-51-39-31(19-27(48-15)23-35(39)43(7,8)9)32-20-28(49-16)24-36(40(32)52-53)44(10,11)12;1-2;;/h17-24,53H,1-16H3;;1H3;/q;2*-1;+2/p+1. The van der Waals surface area contributed by atoms with Gasteiger partial charge in [-0.2, -0.15) is 0 Å². The van der Waals surface area contributed by atoms with E-state index in [0.717, 1.165) is 33.4 Å². The molecule has 0 atom stereocenters. The number of rotatable bonds is 7. The molecule has 2 radical (unpaired) electrons. The van der Waals surface area contributed by atoms with Crippen LogP contribution in [0.2, 0.25) is 0 Å². The Hall–Kier alpha value is -4.00. The third-order valence-corrected chi connectivity index (χ3v) is 10.7. The number of ether oxygens (including phenoxy) is 4. The molecule has 312 valence electrons. The van der Waals surface area contributed by atoms with E-state index in [1.807, 2.05) is 48.5 Å². The second-order valence-corrected chi connectivity index (χ2v) is 18.9. The number of phenolic OH excluding ortho intramolecular Hbond substituents is 1. The third-order valence-electron chi connectivity index (χ3n) is 9.58. The average Bonchev–Trinajstić information content (AvgIpc) is 3.26. The molecule has 5 rings (SSSR count). The van der Waals surface area contributed by atoms with Crippen LogP contribution in [0, 0.1) is 7.43 Å². The van der Waals surface area contributed by atoms with Gasteiger partial charge in [0.2, 0.25) is 0 Å². The van der Waals surface area contributed by atoms with Crippen LogP contribution in [-0.4, -0.2) is 40.3 Å². The molecule has 0 bridgehead atoms. The first-order valence-electron chi connectivity index (χ1n) is 18.2. The monoisotopic (exact) mass is 891 g/mol. The van der Waals surface area contributed by atoms with Gasteiger partial charge in [0.25, 0.3) is 0 Å². The predicted octanol–water partition coefficient (Wildman–Crippen LogP) is 11.8. The fraction of sp³-hybridized carbons (Fsp3) is 0.435. The van der Waals surface area contributed by atoms with E-state index in [2.05, 4.69) is 89.9 Å². The van der Waals surface area contributed by atoms with Crippen LogP contribution in [0.3, 0.4) is 0 Å². The van der Waals surface area contributed by atoms with Gasteiger partial charge in [-0.15, -0.1) is 0 Å². The van der Waals surface area contributed by atoms with Crippen molar-refractivity contribution in [2.45, 2.75) is 105 Å². The van der Waals surface area contributed by atoms with Gasteiger partial charge in [0.15, 0.2) is 17.2 Å². The molecule has 1 aliphatic rings. The van der Waals surface area contributed by atoms with E-state index in [1.165, 1.54) is 0 Å². The SMILES string of the molecule is COc1cc(-c2cc(OC)cc(C(C)(C)C)c2O[PH+]2Oc3c(cc(OC)cc3C(C)(C)C)-c3cc(OC)cc(C(C)(C)C)c3O2)c(O)c(C(C)(C)C)c1.[C-]=O.[CH3-].[Rh+2].